The molecule has 0 aliphatic heterocycles. The third-order valence-electron chi connectivity index (χ3n) is 1.52. The Hall–Kier alpha value is -1.35. The summed E-state index contributed by atoms with van der Waals surface area (Å²) in [6, 6.07) is 0. The van der Waals surface area contributed by atoms with E-state index in [1.54, 1.807) is 0 Å². The van der Waals surface area contributed by atoms with Crippen molar-refractivity contribution in [1.82, 2.24) is 5.12 Å². The summed E-state index contributed by atoms with van der Waals surface area (Å²) in [6.07, 6.45) is -1.59. The highest BCUT2D eigenvalue weighted by molar-refractivity contribution is 5.74. The molecule has 0 aliphatic rings. The summed E-state index contributed by atoms with van der Waals surface area (Å²) in [5.41, 5.74) is 0. The lowest BCUT2D eigenvalue weighted by Gasteiger charge is -2.07. The predicted octanol–water partition coefficient (Wildman–Crippen LogP) is 0.776. The number of halogens is 3. The highest BCUT2D eigenvalue weighted by Gasteiger charge is 2.38. The fourth-order valence-corrected chi connectivity index (χ4v) is 0.655. The molecule has 0 unspecified atom stereocenters. The van der Waals surface area contributed by atoms with Gasteiger partial charge in [0.05, 0.1) is 0 Å². The molecule has 0 atom stereocenters. The van der Waals surface area contributed by atoms with E-state index in [0.29, 0.717) is 11.5 Å². The van der Waals surface area contributed by atoms with Crippen LogP contribution in [0.3, 0.4) is 0 Å². The van der Waals surface area contributed by atoms with Crippen LogP contribution in [0, 0.1) is 0 Å². The molecule has 9 heteroatoms. The van der Waals surface area contributed by atoms with Crippen LogP contribution in [0.5, 0.6) is 0 Å². The van der Waals surface area contributed by atoms with Crippen molar-refractivity contribution in [2.45, 2.75) is 38.8 Å². The number of rotatable bonds is 4. The van der Waals surface area contributed by atoms with Gasteiger partial charge in [0, 0.05) is 6.42 Å². The van der Waals surface area contributed by atoms with Gasteiger partial charge in [-0.15, -0.1) is 0 Å². The molecule has 0 heterocycles. The third-order valence-corrected chi connectivity index (χ3v) is 1.52. The standard InChI is InChI=1S/C6H15N3O.C2HF3O2/c1-2-3-4-5-6(10)9(7)8;3-2(4,5)1(6)7/h2-5,7-8H2,1H3;(H,6,7). The average molecular weight is 259 g/mol. The molecule has 0 aliphatic carbocycles. The molecular weight excluding hydrogens is 243 g/mol. The molecule has 0 fully saturated rings. The molecule has 0 spiro atoms. The van der Waals surface area contributed by atoms with E-state index in [4.69, 9.17) is 21.6 Å². The first-order valence-corrected chi connectivity index (χ1v) is 4.75. The maximum Gasteiger partial charge on any atom is 0.490 e. The van der Waals surface area contributed by atoms with E-state index in [-0.39, 0.29) is 5.91 Å². The van der Waals surface area contributed by atoms with Crippen molar-refractivity contribution in [2.75, 3.05) is 0 Å². The highest BCUT2D eigenvalue weighted by atomic mass is 19.4. The van der Waals surface area contributed by atoms with Crippen molar-refractivity contribution in [1.29, 1.82) is 0 Å². The van der Waals surface area contributed by atoms with Crippen LogP contribution in [0.25, 0.3) is 0 Å². The minimum atomic E-state index is -5.08. The molecule has 5 N–H and O–H groups in total. The lowest BCUT2D eigenvalue weighted by molar-refractivity contribution is -0.192. The van der Waals surface area contributed by atoms with Crippen LogP contribution in [0.15, 0.2) is 0 Å². The normalized spacial score (nSPS) is 10.2. The van der Waals surface area contributed by atoms with Crippen LogP contribution >= 0.6 is 0 Å². The maximum absolute atomic E-state index is 10.7. The topological polar surface area (TPSA) is 110 Å². The Bertz CT molecular complexity index is 244. The van der Waals surface area contributed by atoms with Gasteiger partial charge in [0.2, 0.25) is 0 Å². The van der Waals surface area contributed by atoms with Crippen molar-refractivity contribution in [3.05, 3.63) is 0 Å². The van der Waals surface area contributed by atoms with Gasteiger partial charge in [-0.25, -0.2) is 21.6 Å². The van der Waals surface area contributed by atoms with Crippen LogP contribution in [-0.4, -0.2) is 28.3 Å². The summed E-state index contributed by atoms with van der Waals surface area (Å²) in [7, 11) is 0. The smallest absolute Gasteiger partial charge is 0.475 e. The molecule has 0 rings (SSSR count). The van der Waals surface area contributed by atoms with Crippen LogP contribution < -0.4 is 11.7 Å². The van der Waals surface area contributed by atoms with Crippen molar-refractivity contribution < 1.29 is 27.9 Å². The zero-order valence-corrected chi connectivity index (χ0v) is 9.33. The van der Waals surface area contributed by atoms with Gasteiger partial charge < -0.3 is 5.11 Å². The number of nitrogens with zero attached hydrogens (tertiary/aromatic N) is 1. The number of unbranched alkanes of at least 4 members (excludes halogenated alkanes) is 2. The number of nitrogens with two attached hydrogens (primary N) is 2. The van der Waals surface area contributed by atoms with E-state index in [2.05, 4.69) is 6.92 Å². The van der Waals surface area contributed by atoms with Crippen molar-refractivity contribution in [3.63, 3.8) is 0 Å². The molecular formula is C8H16F3N3O3. The van der Waals surface area contributed by atoms with Crippen molar-refractivity contribution in [3.8, 4) is 0 Å². The first-order chi connectivity index (χ1) is 7.62. The largest absolute Gasteiger partial charge is 0.490 e. The van der Waals surface area contributed by atoms with Gasteiger partial charge in [-0.05, 0) is 6.42 Å². The monoisotopic (exact) mass is 259 g/mol. The number of amides is 1. The van der Waals surface area contributed by atoms with Crippen molar-refractivity contribution >= 4 is 11.9 Å². The lowest BCUT2D eigenvalue weighted by Crippen LogP contribution is -2.43. The summed E-state index contributed by atoms with van der Waals surface area (Å²) < 4.78 is 31.7. The molecule has 17 heavy (non-hydrogen) atoms. The van der Waals surface area contributed by atoms with E-state index in [0.717, 1.165) is 19.3 Å². The second kappa shape index (κ2) is 8.76. The van der Waals surface area contributed by atoms with E-state index in [1.165, 1.54) is 0 Å². The Morgan fingerprint density at radius 3 is 1.88 bits per heavy atom. The van der Waals surface area contributed by atoms with E-state index < -0.39 is 12.1 Å². The lowest BCUT2D eigenvalue weighted by atomic mass is 10.2. The SMILES string of the molecule is CCCCCC(=O)N(N)N.O=C(O)C(F)(F)F. The maximum atomic E-state index is 10.7. The third kappa shape index (κ3) is 12.6. The average Bonchev–Trinajstić information content (AvgIpc) is 2.17. The van der Waals surface area contributed by atoms with Gasteiger partial charge in [-0.3, -0.25) is 4.79 Å². The molecule has 0 saturated heterocycles. The first-order valence-electron chi connectivity index (χ1n) is 4.75. The Labute approximate surface area is 96.3 Å². The Kier molecular flexibility index (Phi) is 9.29. The molecule has 0 bridgehead atoms. The van der Waals surface area contributed by atoms with Gasteiger partial charge in [-0.1, -0.05) is 19.8 Å². The van der Waals surface area contributed by atoms with Crippen LogP contribution in [-0.2, 0) is 9.59 Å². The molecule has 0 radical (unpaired) electrons. The van der Waals surface area contributed by atoms with Crippen LogP contribution in [0.4, 0.5) is 13.2 Å². The molecule has 0 saturated carbocycles. The number of hydrogen-bond acceptors (Lipinski definition) is 4. The van der Waals surface area contributed by atoms with E-state index in [1.807, 2.05) is 0 Å². The number of carbonyl (C=O) groups excluding carboxylic acids is 1. The van der Waals surface area contributed by atoms with Gasteiger partial charge in [0.25, 0.3) is 5.91 Å². The summed E-state index contributed by atoms with van der Waals surface area (Å²) in [4.78, 5) is 19.6. The minimum absolute atomic E-state index is 0.201. The molecule has 0 aromatic heterocycles. The Morgan fingerprint density at radius 1 is 1.24 bits per heavy atom. The van der Waals surface area contributed by atoms with Crippen LogP contribution in [0.1, 0.15) is 32.6 Å². The summed E-state index contributed by atoms with van der Waals surface area (Å²) in [6.45, 7) is 2.08. The van der Waals surface area contributed by atoms with Gasteiger partial charge in [0.1, 0.15) is 0 Å². The minimum Gasteiger partial charge on any atom is -0.475 e. The molecule has 6 nitrogen and oxygen atoms in total. The Morgan fingerprint density at radius 2 is 1.65 bits per heavy atom. The zero-order chi connectivity index (χ0) is 14.1. The van der Waals surface area contributed by atoms with E-state index in [9.17, 15) is 18.0 Å². The number of hydrogen-bond donors (Lipinski definition) is 3. The number of carboxylic acids is 1. The van der Waals surface area contributed by atoms with Crippen molar-refractivity contribution in [2.24, 2.45) is 11.7 Å². The van der Waals surface area contributed by atoms with E-state index >= 15 is 0 Å². The zero-order valence-electron chi connectivity index (χ0n) is 9.33. The van der Waals surface area contributed by atoms with Gasteiger partial charge in [0.15, 0.2) is 0 Å². The number of carboxylic acid groups (broad SMARTS) is 1. The molecule has 1 amide bonds. The van der Waals surface area contributed by atoms with Gasteiger partial charge >= 0.3 is 12.1 Å². The predicted molar refractivity (Wildman–Crippen MR) is 53.1 cm³/mol. The summed E-state index contributed by atoms with van der Waals surface area (Å²) in [5.74, 6) is 7.00. The number of hydrazine groups is 2. The van der Waals surface area contributed by atoms with Crippen LogP contribution in [0.2, 0.25) is 0 Å². The number of aliphatic carboxylic acids is 1. The fourth-order valence-electron chi connectivity index (χ4n) is 0.655. The quantitative estimate of drug-likeness (QED) is 0.299. The molecule has 102 valence electrons. The van der Waals surface area contributed by atoms with Gasteiger partial charge in [-0.2, -0.15) is 13.2 Å². The molecule has 0 aromatic rings. The second-order valence-corrected chi connectivity index (χ2v) is 3.06. The molecule has 0 aromatic carbocycles. The fraction of sp³-hybridized carbons (Fsp3) is 0.750. The summed E-state index contributed by atoms with van der Waals surface area (Å²) >= 11 is 0. The highest BCUT2D eigenvalue weighted by Crippen LogP contribution is 2.13. The second-order valence-electron chi connectivity index (χ2n) is 3.06. The number of carbonyl (C=O) groups is 2. The first kappa shape index (κ1) is 18.0. The summed E-state index contributed by atoms with van der Waals surface area (Å²) in [5, 5.41) is 7.77. The number of alkyl halides is 3. The Balaban J connectivity index is 0.